The summed E-state index contributed by atoms with van der Waals surface area (Å²) in [5.74, 6) is -1.33. The van der Waals surface area contributed by atoms with Crippen LogP contribution in [0.4, 0.5) is 5.69 Å². The van der Waals surface area contributed by atoms with E-state index < -0.39 is 28.6 Å². The molecular weight excluding hydrogens is 384 g/mol. The van der Waals surface area contributed by atoms with E-state index in [0.29, 0.717) is 6.54 Å². The highest BCUT2D eigenvalue weighted by Gasteiger charge is 2.26. The van der Waals surface area contributed by atoms with E-state index >= 15 is 0 Å². The van der Waals surface area contributed by atoms with E-state index in [4.69, 9.17) is 16.3 Å². The first-order valence-electron chi connectivity index (χ1n) is 8.81. The summed E-state index contributed by atoms with van der Waals surface area (Å²) in [5, 5.41) is 14.0. The van der Waals surface area contributed by atoms with Crippen molar-refractivity contribution in [3.63, 3.8) is 0 Å². The molecule has 1 amide bonds. The number of ether oxygens (including phenoxy) is 1. The van der Waals surface area contributed by atoms with Crippen LogP contribution in [0.1, 0.15) is 42.1 Å². The molecule has 2 rings (SSSR count). The van der Waals surface area contributed by atoms with E-state index in [1.807, 2.05) is 37.3 Å². The van der Waals surface area contributed by atoms with Crippen molar-refractivity contribution in [2.45, 2.75) is 32.3 Å². The second kappa shape index (κ2) is 9.85. The maximum atomic E-state index is 12.3. The minimum atomic E-state index is -1.11. The molecule has 0 unspecified atom stereocenters. The molecule has 2 atom stereocenters. The van der Waals surface area contributed by atoms with Crippen molar-refractivity contribution in [1.82, 2.24) is 5.32 Å². The number of rotatable bonds is 8. The number of nitrogens with zero attached hydrogens (tertiary/aromatic N) is 1. The number of hydrogen-bond donors (Lipinski definition) is 1. The Balaban J connectivity index is 1.99. The van der Waals surface area contributed by atoms with Crippen molar-refractivity contribution in [1.29, 1.82) is 0 Å². The number of hydrogen-bond acceptors (Lipinski definition) is 5. The first kappa shape index (κ1) is 21.4. The number of esters is 1. The number of carbonyl (C=O) groups excluding carboxylic acids is 2. The number of nitro groups is 1. The standard InChI is InChI=1S/C20H21ClN2O5/c1-3-14(15-7-5-4-6-8-15)12-22-19(24)13(2)28-20(25)17-11-16(21)9-10-18(17)23(26)27/h4-11,13-14H,3,12H2,1-2H3,(H,22,24)/t13-,14-/m1/s1. The first-order chi connectivity index (χ1) is 13.3. The zero-order valence-corrected chi connectivity index (χ0v) is 16.3. The number of halogens is 1. The molecule has 1 N–H and O–H groups in total. The second-order valence-corrected chi connectivity index (χ2v) is 6.66. The van der Waals surface area contributed by atoms with Crippen LogP contribution < -0.4 is 5.32 Å². The van der Waals surface area contributed by atoms with Crippen molar-refractivity contribution in [2.75, 3.05) is 6.54 Å². The highest BCUT2D eigenvalue weighted by atomic mass is 35.5. The summed E-state index contributed by atoms with van der Waals surface area (Å²) < 4.78 is 5.10. The van der Waals surface area contributed by atoms with E-state index in [0.717, 1.165) is 24.1 Å². The summed E-state index contributed by atoms with van der Waals surface area (Å²) in [4.78, 5) is 35.0. The minimum absolute atomic E-state index is 0.127. The number of carbonyl (C=O) groups is 2. The van der Waals surface area contributed by atoms with Gasteiger partial charge >= 0.3 is 5.97 Å². The number of benzene rings is 2. The molecule has 0 heterocycles. The molecule has 0 saturated carbocycles. The Bertz CT molecular complexity index is 857. The molecule has 28 heavy (non-hydrogen) atoms. The average molecular weight is 405 g/mol. The topological polar surface area (TPSA) is 98.5 Å². The average Bonchev–Trinajstić information content (AvgIpc) is 2.68. The quantitative estimate of drug-likeness (QED) is 0.405. The monoisotopic (exact) mass is 404 g/mol. The molecule has 0 radical (unpaired) electrons. The lowest BCUT2D eigenvalue weighted by Gasteiger charge is -2.18. The Labute approximate surface area is 167 Å². The molecule has 0 aliphatic carbocycles. The lowest BCUT2D eigenvalue weighted by Crippen LogP contribution is -2.38. The van der Waals surface area contributed by atoms with Crippen LogP contribution in [-0.4, -0.2) is 29.4 Å². The lowest BCUT2D eigenvalue weighted by molar-refractivity contribution is -0.385. The van der Waals surface area contributed by atoms with Crippen molar-refractivity contribution in [2.24, 2.45) is 0 Å². The van der Waals surface area contributed by atoms with Crippen LogP contribution in [0.2, 0.25) is 5.02 Å². The van der Waals surface area contributed by atoms with Gasteiger partial charge in [-0.05, 0) is 31.0 Å². The van der Waals surface area contributed by atoms with E-state index in [1.165, 1.54) is 13.0 Å². The van der Waals surface area contributed by atoms with Gasteiger partial charge in [0.05, 0.1) is 4.92 Å². The third-order valence-corrected chi connectivity index (χ3v) is 4.55. The van der Waals surface area contributed by atoms with Crippen LogP contribution in [0.15, 0.2) is 48.5 Å². The maximum Gasteiger partial charge on any atom is 0.345 e. The normalized spacial score (nSPS) is 12.7. The van der Waals surface area contributed by atoms with E-state index in [9.17, 15) is 19.7 Å². The van der Waals surface area contributed by atoms with Gasteiger partial charge < -0.3 is 10.1 Å². The van der Waals surface area contributed by atoms with Gasteiger partial charge in [-0.2, -0.15) is 0 Å². The highest BCUT2D eigenvalue weighted by Crippen LogP contribution is 2.24. The fourth-order valence-corrected chi connectivity index (χ4v) is 2.87. The van der Waals surface area contributed by atoms with Gasteiger partial charge in [0.25, 0.3) is 11.6 Å². The summed E-state index contributed by atoms with van der Waals surface area (Å²) in [5.41, 5.74) is 0.370. The zero-order valence-electron chi connectivity index (χ0n) is 15.6. The smallest absolute Gasteiger partial charge is 0.345 e. The first-order valence-corrected chi connectivity index (χ1v) is 9.18. The molecule has 0 bridgehead atoms. The van der Waals surface area contributed by atoms with Gasteiger partial charge in [0, 0.05) is 23.6 Å². The fraction of sp³-hybridized carbons (Fsp3) is 0.300. The second-order valence-electron chi connectivity index (χ2n) is 6.23. The van der Waals surface area contributed by atoms with Gasteiger partial charge in [-0.25, -0.2) is 4.79 Å². The Morgan fingerprint density at radius 1 is 1.21 bits per heavy atom. The van der Waals surface area contributed by atoms with Gasteiger partial charge in [0.2, 0.25) is 0 Å². The molecule has 148 valence electrons. The lowest BCUT2D eigenvalue weighted by atomic mass is 9.96. The number of nitrogens with one attached hydrogen (secondary N) is 1. The summed E-state index contributed by atoms with van der Waals surface area (Å²) in [6, 6.07) is 13.3. The Kier molecular flexibility index (Phi) is 7.52. The van der Waals surface area contributed by atoms with Crippen molar-refractivity contribution in [3.05, 3.63) is 74.8 Å². The van der Waals surface area contributed by atoms with Crippen LogP contribution in [0, 0.1) is 10.1 Å². The Hall–Kier alpha value is -2.93. The van der Waals surface area contributed by atoms with Crippen LogP contribution in [-0.2, 0) is 9.53 Å². The fourth-order valence-electron chi connectivity index (χ4n) is 2.70. The predicted molar refractivity (Wildman–Crippen MR) is 105 cm³/mol. The number of nitro benzene ring substituents is 1. The Morgan fingerprint density at radius 2 is 1.89 bits per heavy atom. The van der Waals surface area contributed by atoms with Crippen LogP contribution in [0.3, 0.4) is 0 Å². The summed E-state index contributed by atoms with van der Waals surface area (Å²) in [7, 11) is 0. The molecule has 0 saturated heterocycles. The van der Waals surface area contributed by atoms with Gasteiger partial charge in [-0.1, -0.05) is 48.9 Å². The van der Waals surface area contributed by atoms with E-state index in [-0.39, 0.29) is 16.5 Å². The maximum absolute atomic E-state index is 12.3. The van der Waals surface area contributed by atoms with Crippen LogP contribution in [0.5, 0.6) is 0 Å². The van der Waals surface area contributed by atoms with Crippen molar-refractivity contribution in [3.8, 4) is 0 Å². The molecule has 2 aromatic rings. The van der Waals surface area contributed by atoms with Gasteiger partial charge in [0.15, 0.2) is 6.10 Å². The van der Waals surface area contributed by atoms with E-state index in [1.54, 1.807) is 0 Å². The molecule has 0 aliphatic rings. The highest BCUT2D eigenvalue weighted by molar-refractivity contribution is 6.31. The van der Waals surface area contributed by atoms with Crippen molar-refractivity contribution >= 4 is 29.2 Å². The third-order valence-electron chi connectivity index (χ3n) is 4.31. The molecule has 2 aromatic carbocycles. The SMILES string of the molecule is CC[C@H](CNC(=O)[C@@H](C)OC(=O)c1cc(Cl)ccc1[N+](=O)[O-])c1ccccc1. The molecule has 0 aliphatic heterocycles. The van der Waals surface area contributed by atoms with Gasteiger partial charge in [-0.15, -0.1) is 0 Å². The number of amides is 1. The molecule has 8 heteroatoms. The molecule has 0 spiro atoms. The zero-order chi connectivity index (χ0) is 20.7. The van der Waals surface area contributed by atoms with Crippen molar-refractivity contribution < 1.29 is 19.2 Å². The van der Waals surface area contributed by atoms with Gasteiger partial charge in [0.1, 0.15) is 5.56 Å². The van der Waals surface area contributed by atoms with Crippen LogP contribution >= 0.6 is 11.6 Å². The molecular formula is C20H21ClN2O5. The largest absolute Gasteiger partial charge is 0.449 e. The van der Waals surface area contributed by atoms with E-state index in [2.05, 4.69) is 5.32 Å². The summed E-state index contributed by atoms with van der Waals surface area (Å²) in [6.45, 7) is 3.82. The van der Waals surface area contributed by atoms with Gasteiger partial charge in [-0.3, -0.25) is 14.9 Å². The Morgan fingerprint density at radius 3 is 2.50 bits per heavy atom. The minimum Gasteiger partial charge on any atom is -0.449 e. The third kappa shape index (κ3) is 5.53. The molecule has 7 nitrogen and oxygen atoms in total. The predicted octanol–water partition coefficient (Wildman–Crippen LogP) is 4.10. The summed E-state index contributed by atoms with van der Waals surface area (Å²) >= 11 is 5.81. The van der Waals surface area contributed by atoms with Crippen LogP contribution in [0.25, 0.3) is 0 Å². The summed E-state index contributed by atoms with van der Waals surface area (Å²) in [6.07, 6.45) is -0.285. The molecule has 0 aromatic heterocycles. The molecule has 0 fully saturated rings.